The second-order valence-corrected chi connectivity index (χ2v) is 6.39. The van der Waals surface area contributed by atoms with Crippen LogP contribution in [-0.2, 0) is 6.54 Å². The molecule has 1 aliphatic heterocycles. The first kappa shape index (κ1) is 15.7. The summed E-state index contributed by atoms with van der Waals surface area (Å²) in [6, 6.07) is 9.90. The molecule has 0 aliphatic carbocycles. The van der Waals surface area contributed by atoms with Crippen LogP contribution in [0.25, 0.3) is 10.9 Å². The number of H-pyrrole nitrogens is 1. The number of carbonyl (C=O) groups is 1. The molecule has 2 aromatic heterocycles. The second kappa shape index (κ2) is 6.63. The monoisotopic (exact) mass is 338 g/mol. The minimum Gasteiger partial charge on any atom is -0.494 e. The molecule has 0 bridgehead atoms. The lowest BCUT2D eigenvalue weighted by Gasteiger charge is -2.24. The molecule has 4 rings (SSSR count). The Morgan fingerprint density at radius 1 is 1.40 bits per heavy atom. The summed E-state index contributed by atoms with van der Waals surface area (Å²) in [6.45, 7) is 4.12. The predicted octanol–water partition coefficient (Wildman–Crippen LogP) is 3.07. The number of amides is 1. The highest BCUT2D eigenvalue weighted by atomic mass is 16.5. The molecule has 1 aliphatic rings. The lowest BCUT2D eigenvalue weighted by molar-refractivity contribution is 0.0716. The van der Waals surface area contributed by atoms with E-state index in [1.165, 1.54) is 0 Å². The first-order valence-corrected chi connectivity index (χ1v) is 8.78. The van der Waals surface area contributed by atoms with Gasteiger partial charge in [0.05, 0.1) is 19.2 Å². The van der Waals surface area contributed by atoms with Crippen molar-refractivity contribution in [2.75, 3.05) is 13.2 Å². The van der Waals surface area contributed by atoms with Crippen molar-refractivity contribution in [2.45, 2.75) is 32.4 Å². The summed E-state index contributed by atoms with van der Waals surface area (Å²) in [5.74, 6) is 0.873. The van der Waals surface area contributed by atoms with Crippen LogP contribution < -0.4 is 4.74 Å². The number of ether oxygens (including phenoxy) is 1. The third-order valence-electron chi connectivity index (χ3n) is 4.73. The van der Waals surface area contributed by atoms with Gasteiger partial charge in [0.15, 0.2) is 0 Å². The zero-order valence-corrected chi connectivity index (χ0v) is 14.3. The topological polar surface area (TPSA) is 63.1 Å². The van der Waals surface area contributed by atoms with Crippen LogP contribution >= 0.6 is 0 Å². The average Bonchev–Trinajstić information content (AvgIpc) is 3.35. The SMILES string of the molecule is CCOc1ccc2cc(C(=O)N3CCC[C@@H]3Cn3cccn3)[nH]c2c1. The summed E-state index contributed by atoms with van der Waals surface area (Å²) in [4.78, 5) is 18.2. The summed E-state index contributed by atoms with van der Waals surface area (Å²) in [5, 5.41) is 5.29. The van der Waals surface area contributed by atoms with Gasteiger partial charge in [-0.25, -0.2) is 0 Å². The van der Waals surface area contributed by atoms with Crippen LogP contribution in [0, 0.1) is 0 Å². The van der Waals surface area contributed by atoms with E-state index in [1.807, 2.05) is 53.0 Å². The number of aromatic amines is 1. The van der Waals surface area contributed by atoms with Gasteiger partial charge in [-0.05, 0) is 44.0 Å². The molecule has 1 fully saturated rings. The van der Waals surface area contributed by atoms with Gasteiger partial charge in [-0.2, -0.15) is 5.10 Å². The van der Waals surface area contributed by atoms with Gasteiger partial charge >= 0.3 is 0 Å². The Morgan fingerprint density at radius 2 is 2.32 bits per heavy atom. The number of nitrogens with one attached hydrogen (secondary N) is 1. The third-order valence-corrected chi connectivity index (χ3v) is 4.73. The molecule has 1 aromatic carbocycles. The fourth-order valence-corrected chi connectivity index (χ4v) is 3.55. The molecule has 0 spiro atoms. The molecule has 25 heavy (non-hydrogen) atoms. The zero-order chi connectivity index (χ0) is 17.2. The smallest absolute Gasteiger partial charge is 0.270 e. The standard InChI is InChI=1S/C19H22N4O2/c1-2-25-16-7-6-14-11-18(21-17(14)12-16)19(24)23-10-3-5-15(23)13-22-9-4-8-20-22/h4,6-9,11-12,15,21H,2-3,5,10,13H2,1H3/t15-/m1/s1. The molecule has 0 unspecified atom stereocenters. The number of benzene rings is 1. The Bertz CT molecular complexity index is 869. The number of nitrogens with zero attached hydrogens (tertiary/aromatic N) is 3. The molecular weight excluding hydrogens is 316 g/mol. The number of rotatable bonds is 5. The van der Waals surface area contributed by atoms with E-state index < -0.39 is 0 Å². The summed E-state index contributed by atoms with van der Waals surface area (Å²) < 4.78 is 7.43. The van der Waals surface area contributed by atoms with Crippen LogP contribution in [0.3, 0.4) is 0 Å². The number of carbonyl (C=O) groups excluding carboxylic acids is 1. The highest BCUT2D eigenvalue weighted by Gasteiger charge is 2.30. The van der Waals surface area contributed by atoms with E-state index in [0.717, 1.165) is 42.6 Å². The second-order valence-electron chi connectivity index (χ2n) is 6.39. The van der Waals surface area contributed by atoms with Crippen molar-refractivity contribution >= 4 is 16.8 Å². The number of aromatic nitrogens is 3. The molecule has 1 saturated heterocycles. The van der Waals surface area contributed by atoms with Crippen LogP contribution in [0.4, 0.5) is 0 Å². The summed E-state index contributed by atoms with van der Waals surface area (Å²) in [6.07, 6.45) is 5.76. The maximum absolute atomic E-state index is 13.0. The average molecular weight is 338 g/mol. The van der Waals surface area contributed by atoms with Gasteiger partial charge in [0.1, 0.15) is 11.4 Å². The summed E-state index contributed by atoms with van der Waals surface area (Å²) >= 11 is 0. The molecule has 6 heteroatoms. The van der Waals surface area contributed by atoms with Crippen molar-refractivity contribution in [1.82, 2.24) is 19.7 Å². The number of hydrogen-bond donors (Lipinski definition) is 1. The Kier molecular flexibility index (Phi) is 4.17. The van der Waals surface area contributed by atoms with Crippen molar-refractivity contribution < 1.29 is 9.53 Å². The van der Waals surface area contributed by atoms with Gasteiger partial charge in [-0.3, -0.25) is 9.48 Å². The van der Waals surface area contributed by atoms with Gasteiger partial charge in [-0.15, -0.1) is 0 Å². The normalized spacial score (nSPS) is 17.3. The van der Waals surface area contributed by atoms with Crippen LogP contribution in [0.15, 0.2) is 42.7 Å². The van der Waals surface area contributed by atoms with Gasteiger partial charge in [0, 0.05) is 35.9 Å². The molecule has 1 amide bonds. The minimum atomic E-state index is 0.0591. The van der Waals surface area contributed by atoms with E-state index in [9.17, 15) is 4.79 Å². The number of likely N-dealkylation sites (tertiary alicyclic amines) is 1. The predicted molar refractivity (Wildman–Crippen MR) is 95.8 cm³/mol. The van der Waals surface area contributed by atoms with E-state index >= 15 is 0 Å². The number of fused-ring (bicyclic) bond motifs is 1. The van der Waals surface area contributed by atoms with Crippen molar-refractivity contribution in [2.24, 2.45) is 0 Å². The Labute approximate surface area is 146 Å². The summed E-state index contributed by atoms with van der Waals surface area (Å²) in [7, 11) is 0. The molecular formula is C19H22N4O2. The summed E-state index contributed by atoms with van der Waals surface area (Å²) in [5.41, 5.74) is 1.56. The van der Waals surface area contributed by atoms with Crippen LogP contribution in [0.5, 0.6) is 5.75 Å². The molecule has 130 valence electrons. The highest BCUT2D eigenvalue weighted by molar-refractivity contribution is 5.98. The largest absolute Gasteiger partial charge is 0.494 e. The van der Waals surface area contributed by atoms with Gasteiger partial charge in [0.2, 0.25) is 0 Å². The van der Waals surface area contributed by atoms with Crippen molar-refractivity contribution in [3.05, 3.63) is 48.4 Å². The first-order chi connectivity index (χ1) is 12.2. The molecule has 0 saturated carbocycles. The van der Waals surface area contributed by atoms with E-state index in [1.54, 1.807) is 6.20 Å². The molecule has 6 nitrogen and oxygen atoms in total. The zero-order valence-electron chi connectivity index (χ0n) is 14.3. The van der Waals surface area contributed by atoms with E-state index in [-0.39, 0.29) is 11.9 Å². The van der Waals surface area contributed by atoms with E-state index in [4.69, 9.17) is 4.74 Å². The Balaban J connectivity index is 1.55. The van der Waals surface area contributed by atoms with Crippen LogP contribution in [0.2, 0.25) is 0 Å². The minimum absolute atomic E-state index is 0.0591. The van der Waals surface area contributed by atoms with Gasteiger partial charge in [-0.1, -0.05) is 0 Å². The molecule has 1 atom stereocenters. The lowest BCUT2D eigenvalue weighted by atomic mass is 10.2. The number of hydrogen-bond acceptors (Lipinski definition) is 3. The van der Waals surface area contributed by atoms with E-state index in [0.29, 0.717) is 12.3 Å². The maximum atomic E-state index is 13.0. The van der Waals surface area contributed by atoms with Crippen molar-refractivity contribution in [3.8, 4) is 5.75 Å². The Morgan fingerprint density at radius 3 is 3.12 bits per heavy atom. The fraction of sp³-hybridized carbons (Fsp3) is 0.368. The molecule has 3 heterocycles. The van der Waals surface area contributed by atoms with Crippen LogP contribution in [0.1, 0.15) is 30.3 Å². The molecule has 3 aromatic rings. The first-order valence-electron chi connectivity index (χ1n) is 8.78. The maximum Gasteiger partial charge on any atom is 0.270 e. The lowest BCUT2D eigenvalue weighted by Crippen LogP contribution is -2.38. The fourth-order valence-electron chi connectivity index (χ4n) is 3.55. The third kappa shape index (κ3) is 3.12. The van der Waals surface area contributed by atoms with Gasteiger partial charge in [0.25, 0.3) is 5.91 Å². The highest BCUT2D eigenvalue weighted by Crippen LogP contribution is 2.25. The Hall–Kier alpha value is -2.76. The molecule has 0 radical (unpaired) electrons. The van der Waals surface area contributed by atoms with Crippen molar-refractivity contribution in [1.29, 1.82) is 0 Å². The van der Waals surface area contributed by atoms with Crippen LogP contribution in [-0.4, -0.2) is 44.8 Å². The quantitative estimate of drug-likeness (QED) is 0.778. The van der Waals surface area contributed by atoms with Gasteiger partial charge < -0.3 is 14.6 Å². The van der Waals surface area contributed by atoms with Crippen molar-refractivity contribution in [3.63, 3.8) is 0 Å². The molecule has 1 N–H and O–H groups in total. The van der Waals surface area contributed by atoms with E-state index in [2.05, 4.69) is 10.1 Å².